The fraction of sp³-hybridized carbons (Fsp3) is 0.789. The molecule has 0 bridgehead atoms. The summed E-state index contributed by atoms with van der Waals surface area (Å²) in [5, 5.41) is 4.40. The smallest absolute Gasteiger partial charge is 0.309 e. The Bertz CT molecular complexity index is 574. The quantitative estimate of drug-likeness (QED) is 0.706. The Morgan fingerprint density at radius 3 is 2.88 bits per heavy atom. The molecular formula is C19H32N4O2. The first kappa shape index (κ1) is 18.4. The van der Waals surface area contributed by atoms with Crippen molar-refractivity contribution in [3.63, 3.8) is 0 Å². The van der Waals surface area contributed by atoms with E-state index >= 15 is 0 Å². The van der Waals surface area contributed by atoms with Crippen LogP contribution < -0.4 is 0 Å². The second kappa shape index (κ2) is 8.32. The highest BCUT2D eigenvalue weighted by molar-refractivity contribution is 5.74. The van der Waals surface area contributed by atoms with Gasteiger partial charge < -0.3 is 9.64 Å². The summed E-state index contributed by atoms with van der Waals surface area (Å²) in [7, 11) is 4.18. The number of rotatable bonds is 7. The lowest BCUT2D eigenvalue weighted by molar-refractivity contribution is -0.141. The van der Waals surface area contributed by atoms with Crippen molar-refractivity contribution < 1.29 is 9.53 Å². The van der Waals surface area contributed by atoms with Gasteiger partial charge in [0.25, 0.3) is 0 Å². The van der Waals surface area contributed by atoms with Crippen LogP contribution in [0.5, 0.6) is 0 Å². The van der Waals surface area contributed by atoms with E-state index in [0.717, 1.165) is 32.5 Å². The number of aromatic nitrogens is 2. The van der Waals surface area contributed by atoms with Crippen molar-refractivity contribution >= 4 is 5.97 Å². The molecule has 0 saturated carbocycles. The van der Waals surface area contributed by atoms with Gasteiger partial charge in [-0.2, -0.15) is 5.10 Å². The molecule has 0 spiro atoms. The van der Waals surface area contributed by atoms with Crippen LogP contribution in [0.3, 0.4) is 0 Å². The van der Waals surface area contributed by atoms with Crippen LogP contribution in [0, 0.1) is 11.8 Å². The second-order valence-corrected chi connectivity index (χ2v) is 7.63. The maximum atomic E-state index is 11.6. The van der Waals surface area contributed by atoms with Crippen LogP contribution in [0.15, 0.2) is 12.4 Å². The van der Waals surface area contributed by atoms with E-state index in [2.05, 4.69) is 35.1 Å². The minimum Gasteiger partial charge on any atom is -0.465 e. The molecule has 3 atom stereocenters. The zero-order valence-corrected chi connectivity index (χ0v) is 15.9. The number of aryl methyl sites for hydroxylation is 1. The molecule has 6 heteroatoms. The van der Waals surface area contributed by atoms with Gasteiger partial charge in [0, 0.05) is 31.4 Å². The van der Waals surface area contributed by atoms with Gasteiger partial charge >= 0.3 is 5.97 Å². The summed E-state index contributed by atoms with van der Waals surface area (Å²) in [6, 6.07) is 0.450. The maximum Gasteiger partial charge on any atom is 0.309 e. The highest BCUT2D eigenvalue weighted by atomic mass is 16.5. The van der Waals surface area contributed by atoms with E-state index in [9.17, 15) is 4.79 Å². The maximum absolute atomic E-state index is 11.6. The van der Waals surface area contributed by atoms with Gasteiger partial charge in [0.05, 0.1) is 18.7 Å². The molecule has 6 nitrogen and oxygen atoms in total. The monoisotopic (exact) mass is 348 g/mol. The Hall–Kier alpha value is -1.40. The zero-order valence-electron chi connectivity index (χ0n) is 15.9. The molecule has 1 aromatic rings. The molecule has 2 aliphatic rings. The molecule has 0 amide bonds. The number of carbonyl (C=O) groups is 1. The predicted molar refractivity (Wildman–Crippen MR) is 97.1 cm³/mol. The van der Waals surface area contributed by atoms with Crippen LogP contribution in [0.1, 0.15) is 44.2 Å². The van der Waals surface area contributed by atoms with E-state index in [1.807, 2.05) is 17.9 Å². The molecule has 2 aliphatic heterocycles. The fourth-order valence-corrected chi connectivity index (χ4v) is 4.44. The molecule has 3 heterocycles. The van der Waals surface area contributed by atoms with Crippen LogP contribution in [0.4, 0.5) is 0 Å². The molecule has 25 heavy (non-hydrogen) atoms. The standard InChI is InChI=1S/C19H32N4O2/c1-4-23-9-5-6-16(18(23)17-12-20-22(3)14-17)13-21(2)10-7-15-8-11-25-19(15)24/h12,14-16,18H,4-11,13H2,1-3H3/t15-,16+,18-/m1/s1. The Morgan fingerprint density at radius 2 is 2.24 bits per heavy atom. The third-order valence-corrected chi connectivity index (χ3v) is 5.78. The molecule has 2 saturated heterocycles. The van der Waals surface area contributed by atoms with Gasteiger partial charge in [0.1, 0.15) is 0 Å². The van der Waals surface area contributed by atoms with Gasteiger partial charge in [-0.25, -0.2) is 0 Å². The van der Waals surface area contributed by atoms with E-state index in [-0.39, 0.29) is 11.9 Å². The number of hydrogen-bond donors (Lipinski definition) is 0. The predicted octanol–water partition coefficient (Wildman–Crippen LogP) is 2.08. The van der Waals surface area contributed by atoms with E-state index < -0.39 is 0 Å². The van der Waals surface area contributed by atoms with Crippen LogP contribution >= 0.6 is 0 Å². The van der Waals surface area contributed by atoms with Gasteiger partial charge in [-0.1, -0.05) is 6.92 Å². The number of esters is 1. The average molecular weight is 348 g/mol. The molecule has 2 fully saturated rings. The van der Waals surface area contributed by atoms with E-state index in [4.69, 9.17) is 4.74 Å². The first-order chi connectivity index (χ1) is 12.1. The summed E-state index contributed by atoms with van der Waals surface area (Å²) in [5.74, 6) is 0.713. The summed E-state index contributed by atoms with van der Waals surface area (Å²) in [6.45, 7) is 7.13. The van der Waals surface area contributed by atoms with Crippen LogP contribution in [0.2, 0.25) is 0 Å². The lowest BCUT2D eigenvalue weighted by atomic mass is 9.85. The number of cyclic esters (lactones) is 1. The zero-order chi connectivity index (χ0) is 17.8. The van der Waals surface area contributed by atoms with Gasteiger partial charge in [-0.15, -0.1) is 0 Å². The molecule has 0 aromatic carbocycles. The van der Waals surface area contributed by atoms with Crippen molar-refractivity contribution in [2.75, 3.05) is 39.8 Å². The van der Waals surface area contributed by atoms with Gasteiger partial charge in [-0.3, -0.25) is 14.4 Å². The van der Waals surface area contributed by atoms with Crippen LogP contribution in [0.25, 0.3) is 0 Å². The summed E-state index contributed by atoms with van der Waals surface area (Å²) in [4.78, 5) is 16.6. The van der Waals surface area contributed by atoms with E-state index in [0.29, 0.717) is 18.6 Å². The van der Waals surface area contributed by atoms with Crippen molar-refractivity contribution in [1.82, 2.24) is 19.6 Å². The summed E-state index contributed by atoms with van der Waals surface area (Å²) in [6.07, 6.45) is 8.51. The molecule has 0 N–H and O–H groups in total. The SMILES string of the molecule is CCN1CCC[C@@H](CN(C)CC[C@@H]2CCOC2=O)[C@@H]1c1cnn(C)c1. The van der Waals surface area contributed by atoms with Gasteiger partial charge in [0.2, 0.25) is 0 Å². The number of likely N-dealkylation sites (tertiary alicyclic amines) is 1. The van der Waals surface area contributed by atoms with Crippen molar-refractivity contribution in [3.8, 4) is 0 Å². The molecule has 1 aromatic heterocycles. The Kier molecular flexibility index (Phi) is 6.12. The normalized spacial score (nSPS) is 27.8. The first-order valence-electron chi connectivity index (χ1n) is 9.66. The topological polar surface area (TPSA) is 50.6 Å². The van der Waals surface area contributed by atoms with Gasteiger partial charge in [-0.05, 0) is 58.3 Å². The molecule has 3 rings (SSSR count). The van der Waals surface area contributed by atoms with E-state index in [1.165, 1.54) is 24.9 Å². The summed E-state index contributed by atoms with van der Waals surface area (Å²) < 4.78 is 6.99. The molecule has 0 aliphatic carbocycles. The lowest BCUT2D eigenvalue weighted by Crippen LogP contribution is -2.43. The summed E-state index contributed by atoms with van der Waals surface area (Å²) in [5.41, 5.74) is 1.34. The van der Waals surface area contributed by atoms with Crippen LogP contribution in [-0.4, -0.2) is 65.4 Å². The van der Waals surface area contributed by atoms with Gasteiger partial charge in [0.15, 0.2) is 0 Å². The Balaban J connectivity index is 1.60. The number of piperidine rings is 1. The molecule has 140 valence electrons. The van der Waals surface area contributed by atoms with Crippen molar-refractivity contribution in [2.45, 2.75) is 38.6 Å². The fourth-order valence-electron chi connectivity index (χ4n) is 4.44. The van der Waals surface area contributed by atoms with Crippen molar-refractivity contribution in [2.24, 2.45) is 18.9 Å². The Morgan fingerprint density at radius 1 is 1.40 bits per heavy atom. The third-order valence-electron chi connectivity index (χ3n) is 5.78. The summed E-state index contributed by atoms with van der Waals surface area (Å²) >= 11 is 0. The highest BCUT2D eigenvalue weighted by Crippen LogP contribution is 2.36. The molecule has 0 unspecified atom stereocenters. The minimum absolute atomic E-state index is 0.00328. The lowest BCUT2D eigenvalue weighted by Gasteiger charge is -2.42. The third kappa shape index (κ3) is 4.42. The van der Waals surface area contributed by atoms with Crippen molar-refractivity contribution in [3.05, 3.63) is 18.0 Å². The average Bonchev–Trinajstić information content (AvgIpc) is 3.21. The van der Waals surface area contributed by atoms with Crippen molar-refractivity contribution in [1.29, 1.82) is 0 Å². The largest absolute Gasteiger partial charge is 0.465 e. The molecule has 0 radical (unpaired) electrons. The van der Waals surface area contributed by atoms with E-state index in [1.54, 1.807) is 0 Å². The Labute approximate surface area is 151 Å². The first-order valence-corrected chi connectivity index (χ1v) is 9.66. The molecular weight excluding hydrogens is 316 g/mol. The number of carbonyl (C=O) groups excluding carboxylic acids is 1. The number of ether oxygens (including phenoxy) is 1. The highest BCUT2D eigenvalue weighted by Gasteiger charge is 2.33. The minimum atomic E-state index is -0.00328. The number of nitrogens with zero attached hydrogens (tertiary/aromatic N) is 4. The second-order valence-electron chi connectivity index (χ2n) is 7.63. The van der Waals surface area contributed by atoms with Crippen LogP contribution in [-0.2, 0) is 16.6 Å². The number of hydrogen-bond acceptors (Lipinski definition) is 5.